The maximum absolute atomic E-state index is 12.3. The summed E-state index contributed by atoms with van der Waals surface area (Å²) >= 11 is 0. The van der Waals surface area contributed by atoms with Gasteiger partial charge in [0.1, 0.15) is 0 Å². The molecule has 0 atom stereocenters. The number of carbonyl (C=O) groups is 3. The molecule has 1 N–H and O–H groups in total. The average Bonchev–Trinajstić information content (AvgIpc) is 3.32. The fourth-order valence-corrected chi connectivity index (χ4v) is 3.06. The van der Waals surface area contributed by atoms with Gasteiger partial charge in [-0.05, 0) is 36.8 Å². The number of nitrogens with one attached hydrogen (secondary N) is 1. The summed E-state index contributed by atoms with van der Waals surface area (Å²) < 4.78 is 1.62. The predicted molar refractivity (Wildman–Crippen MR) is 101 cm³/mol. The standard InChI is InChI=1S/C20H17N5O3/c26-18(23-14-8-9-17(21-13-14)25-12-4-10-22-25)7-3-11-24-19(27)15-5-1-2-6-16(15)20(24)28/h1-2,4-6,8-10,12-13H,3,7,11H2,(H,23,26). The molecule has 0 saturated heterocycles. The normalized spacial score (nSPS) is 12.9. The number of aromatic nitrogens is 3. The summed E-state index contributed by atoms with van der Waals surface area (Å²) in [6, 6.07) is 12.0. The lowest BCUT2D eigenvalue weighted by Gasteiger charge is -2.13. The van der Waals surface area contributed by atoms with E-state index in [0.717, 1.165) is 0 Å². The molecule has 3 heterocycles. The number of pyridine rings is 1. The molecule has 0 aliphatic carbocycles. The van der Waals surface area contributed by atoms with E-state index in [1.807, 2.05) is 0 Å². The van der Waals surface area contributed by atoms with Crippen LogP contribution >= 0.6 is 0 Å². The summed E-state index contributed by atoms with van der Waals surface area (Å²) in [5.74, 6) is -0.169. The SMILES string of the molecule is O=C(CCCN1C(=O)c2ccccc2C1=O)Nc1ccc(-n2cccn2)nc1. The fourth-order valence-electron chi connectivity index (χ4n) is 3.06. The third-order valence-electron chi connectivity index (χ3n) is 4.43. The van der Waals surface area contributed by atoms with Crippen molar-refractivity contribution >= 4 is 23.4 Å². The van der Waals surface area contributed by atoms with E-state index in [1.165, 1.54) is 4.90 Å². The minimum Gasteiger partial charge on any atom is -0.325 e. The highest BCUT2D eigenvalue weighted by atomic mass is 16.2. The third kappa shape index (κ3) is 3.39. The molecule has 0 unspecified atom stereocenters. The van der Waals surface area contributed by atoms with E-state index < -0.39 is 0 Å². The first-order valence-corrected chi connectivity index (χ1v) is 8.84. The molecule has 4 rings (SSSR count). The Bertz CT molecular complexity index is 993. The van der Waals surface area contributed by atoms with Crippen molar-refractivity contribution in [1.82, 2.24) is 19.7 Å². The van der Waals surface area contributed by atoms with Crippen LogP contribution in [0, 0.1) is 0 Å². The second-order valence-corrected chi connectivity index (χ2v) is 6.31. The van der Waals surface area contributed by atoms with E-state index in [-0.39, 0.29) is 30.7 Å². The first kappa shape index (κ1) is 17.6. The average molecular weight is 375 g/mol. The molecule has 3 aromatic rings. The lowest BCUT2D eigenvalue weighted by molar-refractivity contribution is -0.116. The van der Waals surface area contributed by atoms with Gasteiger partial charge in [-0.15, -0.1) is 0 Å². The Morgan fingerprint density at radius 1 is 1.00 bits per heavy atom. The zero-order valence-electron chi connectivity index (χ0n) is 14.9. The van der Waals surface area contributed by atoms with Gasteiger partial charge in [-0.3, -0.25) is 19.3 Å². The van der Waals surface area contributed by atoms with Gasteiger partial charge < -0.3 is 5.32 Å². The summed E-state index contributed by atoms with van der Waals surface area (Å²) in [7, 11) is 0. The van der Waals surface area contributed by atoms with E-state index in [1.54, 1.807) is 65.7 Å². The number of fused-ring (bicyclic) bond motifs is 1. The minimum absolute atomic E-state index is 0.189. The lowest BCUT2D eigenvalue weighted by Crippen LogP contribution is -2.31. The molecule has 1 aliphatic rings. The van der Waals surface area contributed by atoms with Crippen LogP contribution in [0.4, 0.5) is 5.69 Å². The van der Waals surface area contributed by atoms with Gasteiger partial charge in [0.2, 0.25) is 5.91 Å². The Kier molecular flexibility index (Phi) is 4.67. The molecule has 0 fully saturated rings. The zero-order valence-corrected chi connectivity index (χ0v) is 14.9. The van der Waals surface area contributed by atoms with Gasteiger partial charge in [-0.25, -0.2) is 9.67 Å². The summed E-state index contributed by atoms with van der Waals surface area (Å²) in [5, 5.41) is 6.85. The Balaban J connectivity index is 1.28. The molecule has 0 radical (unpaired) electrons. The van der Waals surface area contributed by atoms with Crippen molar-refractivity contribution in [2.75, 3.05) is 11.9 Å². The Labute approximate surface area is 160 Å². The number of anilines is 1. The van der Waals surface area contributed by atoms with Crippen LogP contribution in [0.2, 0.25) is 0 Å². The number of imide groups is 1. The largest absolute Gasteiger partial charge is 0.325 e. The van der Waals surface area contributed by atoms with Gasteiger partial charge in [0.05, 0.1) is 23.0 Å². The molecule has 1 aliphatic heterocycles. The number of benzene rings is 1. The van der Waals surface area contributed by atoms with E-state index in [9.17, 15) is 14.4 Å². The predicted octanol–water partition coefficient (Wildman–Crippen LogP) is 2.28. The van der Waals surface area contributed by atoms with Crippen LogP contribution in [0.15, 0.2) is 61.1 Å². The molecule has 140 valence electrons. The fraction of sp³-hybridized carbons (Fsp3) is 0.150. The number of amides is 3. The molecule has 28 heavy (non-hydrogen) atoms. The summed E-state index contributed by atoms with van der Waals surface area (Å²) in [5.41, 5.74) is 1.40. The molecule has 8 heteroatoms. The van der Waals surface area contributed by atoms with E-state index in [0.29, 0.717) is 29.1 Å². The number of nitrogens with zero attached hydrogens (tertiary/aromatic N) is 4. The van der Waals surface area contributed by atoms with Gasteiger partial charge in [0.15, 0.2) is 5.82 Å². The van der Waals surface area contributed by atoms with Crippen molar-refractivity contribution < 1.29 is 14.4 Å². The smallest absolute Gasteiger partial charge is 0.261 e. The molecule has 1 aromatic carbocycles. The molecule has 0 spiro atoms. The monoisotopic (exact) mass is 375 g/mol. The molecular formula is C20H17N5O3. The Morgan fingerprint density at radius 2 is 1.75 bits per heavy atom. The van der Waals surface area contributed by atoms with Crippen LogP contribution < -0.4 is 5.32 Å². The first-order valence-electron chi connectivity index (χ1n) is 8.84. The highest BCUT2D eigenvalue weighted by Gasteiger charge is 2.34. The lowest BCUT2D eigenvalue weighted by atomic mass is 10.1. The molecular weight excluding hydrogens is 358 g/mol. The quantitative estimate of drug-likeness (QED) is 0.667. The van der Waals surface area contributed by atoms with Crippen LogP contribution in [-0.4, -0.2) is 43.9 Å². The molecule has 0 bridgehead atoms. The number of hydrogen-bond acceptors (Lipinski definition) is 5. The van der Waals surface area contributed by atoms with Crippen molar-refractivity contribution in [3.63, 3.8) is 0 Å². The number of rotatable bonds is 6. The van der Waals surface area contributed by atoms with Gasteiger partial charge in [-0.2, -0.15) is 5.10 Å². The topological polar surface area (TPSA) is 97.2 Å². The number of carbonyl (C=O) groups excluding carboxylic acids is 3. The summed E-state index contributed by atoms with van der Waals surface area (Å²) in [6.07, 6.45) is 5.56. The molecule has 2 aromatic heterocycles. The highest BCUT2D eigenvalue weighted by molar-refractivity contribution is 6.21. The van der Waals surface area contributed by atoms with Crippen molar-refractivity contribution in [3.05, 3.63) is 72.2 Å². The van der Waals surface area contributed by atoms with Crippen LogP contribution in [-0.2, 0) is 4.79 Å². The van der Waals surface area contributed by atoms with Crippen molar-refractivity contribution in [2.45, 2.75) is 12.8 Å². The van der Waals surface area contributed by atoms with Crippen molar-refractivity contribution in [3.8, 4) is 5.82 Å². The molecule has 0 saturated carbocycles. The van der Waals surface area contributed by atoms with Crippen molar-refractivity contribution in [1.29, 1.82) is 0 Å². The zero-order chi connectivity index (χ0) is 19.5. The van der Waals surface area contributed by atoms with Crippen LogP contribution in [0.3, 0.4) is 0 Å². The van der Waals surface area contributed by atoms with Crippen LogP contribution in [0.1, 0.15) is 33.6 Å². The van der Waals surface area contributed by atoms with Crippen LogP contribution in [0.5, 0.6) is 0 Å². The maximum atomic E-state index is 12.3. The summed E-state index contributed by atoms with van der Waals surface area (Å²) in [6.45, 7) is 0.205. The Morgan fingerprint density at radius 3 is 2.36 bits per heavy atom. The third-order valence-corrected chi connectivity index (χ3v) is 4.43. The first-order chi connectivity index (χ1) is 13.6. The Hall–Kier alpha value is -3.81. The molecule has 3 amide bonds. The second-order valence-electron chi connectivity index (χ2n) is 6.31. The number of hydrogen-bond donors (Lipinski definition) is 1. The van der Waals surface area contributed by atoms with Crippen molar-refractivity contribution in [2.24, 2.45) is 0 Å². The van der Waals surface area contributed by atoms with Gasteiger partial charge in [0.25, 0.3) is 11.8 Å². The van der Waals surface area contributed by atoms with E-state index in [2.05, 4.69) is 15.4 Å². The highest BCUT2D eigenvalue weighted by Crippen LogP contribution is 2.22. The summed E-state index contributed by atoms with van der Waals surface area (Å²) in [4.78, 5) is 42.2. The maximum Gasteiger partial charge on any atom is 0.261 e. The van der Waals surface area contributed by atoms with E-state index in [4.69, 9.17) is 0 Å². The minimum atomic E-state index is -0.306. The van der Waals surface area contributed by atoms with Gasteiger partial charge >= 0.3 is 0 Å². The van der Waals surface area contributed by atoms with Crippen LogP contribution in [0.25, 0.3) is 5.82 Å². The van der Waals surface area contributed by atoms with Gasteiger partial charge in [0, 0.05) is 25.4 Å². The van der Waals surface area contributed by atoms with E-state index >= 15 is 0 Å². The van der Waals surface area contributed by atoms with Gasteiger partial charge in [-0.1, -0.05) is 12.1 Å². The molecule has 8 nitrogen and oxygen atoms in total. The second kappa shape index (κ2) is 7.43.